The number of hydrogen-bond donors (Lipinski definition) is 3. The first kappa shape index (κ1) is 23.7. The molecule has 34 heavy (non-hydrogen) atoms. The minimum absolute atomic E-state index is 0.0110. The molecule has 1 aliphatic heterocycles. The van der Waals surface area contributed by atoms with E-state index in [9.17, 15) is 13.2 Å². The van der Waals surface area contributed by atoms with Crippen molar-refractivity contribution in [3.63, 3.8) is 0 Å². The van der Waals surface area contributed by atoms with E-state index in [1.165, 1.54) is 7.11 Å². The number of ether oxygens (including phenoxy) is 2. The Morgan fingerprint density at radius 1 is 1.18 bits per heavy atom. The van der Waals surface area contributed by atoms with Gasteiger partial charge in [-0.15, -0.1) is 0 Å². The quantitative estimate of drug-likeness (QED) is 0.385. The maximum Gasteiger partial charge on any atom is 0.318 e. The Balaban J connectivity index is 2.02. The van der Waals surface area contributed by atoms with Crippen LogP contribution in [0.3, 0.4) is 0 Å². The minimum atomic E-state index is -2.80. The maximum absolute atomic E-state index is 15.9. The third-order valence-electron chi connectivity index (χ3n) is 5.40. The number of rotatable bonds is 4. The molecule has 0 amide bonds. The summed E-state index contributed by atoms with van der Waals surface area (Å²) in [5.41, 5.74) is 4.62. The smallest absolute Gasteiger partial charge is 0.318 e. The second-order valence-electron chi connectivity index (χ2n) is 7.88. The highest BCUT2D eigenvalue weighted by Crippen LogP contribution is 2.39. The molecule has 0 spiro atoms. The highest BCUT2D eigenvalue weighted by atomic mass is 19.3. The number of nitrogens with one attached hydrogen (secondary N) is 2. The van der Waals surface area contributed by atoms with Crippen LogP contribution < -0.4 is 25.8 Å². The monoisotopic (exact) mass is 480 g/mol. The lowest BCUT2D eigenvalue weighted by Crippen LogP contribution is -2.26. The minimum Gasteiger partial charge on any atom is -0.474 e. The first-order valence-electron chi connectivity index (χ1n) is 10.7. The Bertz CT molecular complexity index is 1210. The average molecular weight is 480 g/mol. The molecule has 1 aliphatic rings. The van der Waals surface area contributed by atoms with Gasteiger partial charge < -0.3 is 25.8 Å². The van der Waals surface area contributed by atoms with Gasteiger partial charge in [0.05, 0.1) is 18.9 Å². The van der Waals surface area contributed by atoms with Gasteiger partial charge in [0.25, 0.3) is 0 Å². The molecule has 3 aromatic rings. The number of nitrogens with two attached hydrogens (primary N) is 1. The van der Waals surface area contributed by atoms with E-state index in [1.54, 1.807) is 0 Å². The van der Waals surface area contributed by atoms with Crippen molar-refractivity contribution in [2.75, 3.05) is 37.8 Å². The third-order valence-corrected chi connectivity index (χ3v) is 5.40. The third kappa shape index (κ3) is 4.76. The van der Waals surface area contributed by atoms with Crippen molar-refractivity contribution in [3.8, 4) is 23.1 Å². The second-order valence-corrected chi connectivity index (χ2v) is 7.88. The summed E-state index contributed by atoms with van der Waals surface area (Å²) in [6.45, 7) is 3.58. The second kappa shape index (κ2) is 9.84. The summed E-state index contributed by atoms with van der Waals surface area (Å²) in [5, 5.41) is 6.54. The van der Waals surface area contributed by atoms with Crippen LogP contribution in [-0.4, -0.2) is 54.2 Å². The van der Waals surface area contributed by atoms with Crippen LogP contribution in [0.4, 0.5) is 29.1 Å². The largest absolute Gasteiger partial charge is 0.474 e. The van der Waals surface area contributed by atoms with Crippen LogP contribution in [-0.2, 0) is 6.42 Å². The average Bonchev–Trinajstić information content (AvgIpc) is 2.82. The summed E-state index contributed by atoms with van der Waals surface area (Å²) in [6.07, 6.45) is -3.31. The molecule has 0 saturated heterocycles. The van der Waals surface area contributed by atoms with E-state index in [4.69, 9.17) is 15.2 Å². The molecular formula is C22H24F4N6O2. The fraction of sp³-hybridized carbons (Fsp3) is 0.409. The number of alkyl halides is 2. The van der Waals surface area contributed by atoms with Gasteiger partial charge in [-0.1, -0.05) is 0 Å². The van der Waals surface area contributed by atoms with Gasteiger partial charge in [-0.3, -0.25) is 0 Å². The molecule has 0 aliphatic carbocycles. The molecule has 12 heteroatoms. The lowest BCUT2D eigenvalue weighted by atomic mass is 9.99. The number of benzene rings is 1. The zero-order chi connectivity index (χ0) is 24.4. The van der Waals surface area contributed by atoms with Gasteiger partial charge in [0.1, 0.15) is 28.2 Å². The Morgan fingerprint density at radius 3 is 2.71 bits per heavy atom. The number of nitrogen functional groups attached to an aromatic ring is 1. The summed E-state index contributed by atoms with van der Waals surface area (Å²) in [7, 11) is 1.33. The molecule has 4 N–H and O–H groups in total. The van der Waals surface area contributed by atoms with Crippen LogP contribution in [0.15, 0.2) is 12.1 Å². The van der Waals surface area contributed by atoms with E-state index in [0.29, 0.717) is 26.1 Å². The first-order valence-corrected chi connectivity index (χ1v) is 10.7. The van der Waals surface area contributed by atoms with Crippen LogP contribution in [0, 0.1) is 11.6 Å². The molecule has 8 nitrogen and oxygen atoms in total. The number of methoxy groups -OCH3 is 1. The lowest BCUT2D eigenvalue weighted by Gasteiger charge is -2.19. The van der Waals surface area contributed by atoms with Crippen molar-refractivity contribution < 1.29 is 27.0 Å². The van der Waals surface area contributed by atoms with Gasteiger partial charge in [-0.25, -0.2) is 22.5 Å². The molecule has 1 aromatic carbocycles. The Labute approximate surface area is 192 Å². The van der Waals surface area contributed by atoms with E-state index in [2.05, 4.69) is 25.6 Å². The number of hydrogen-bond acceptors (Lipinski definition) is 8. The lowest BCUT2D eigenvalue weighted by molar-refractivity contribution is 0.149. The molecule has 4 rings (SSSR count). The van der Waals surface area contributed by atoms with Crippen molar-refractivity contribution in [2.45, 2.75) is 32.3 Å². The van der Waals surface area contributed by atoms with E-state index in [-0.39, 0.29) is 57.2 Å². The number of nitrogens with zero attached hydrogens (tertiary/aromatic N) is 3. The molecule has 0 fully saturated rings. The number of pyridine rings is 1. The maximum atomic E-state index is 15.9. The van der Waals surface area contributed by atoms with Gasteiger partial charge in [0.15, 0.2) is 5.82 Å². The summed E-state index contributed by atoms with van der Waals surface area (Å²) in [5.74, 6) is -1.55. The normalized spacial score (nSPS) is 16.6. The fourth-order valence-corrected chi connectivity index (χ4v) is 3.74. The van der Waals surface area contributed by atoms with Gasteiger partial charge in [0, 0.05) is 25.1 Å². The summed E-state index contributed by atoms with van der Waals surface area (Å²) < 4.78 is 67.7. The predicted octanol–water partition coefficient (Wildman–Crippen LogP) is 3.54. The molecule has 0 radical (unpaired) electrons. The van der Waals surface area contributed by atoms with Crippen molar-refractivity contribution in [3.05, 3.63) is 29.3 Å². The van der Waals surface area contributed by atoms with Gasteiger partial charge in [-0.05, 0) is 37.6 Å². The number of aromatic nitrogens is 3. The molecule has 1 atom stereocenters. The van der Waals surface area contributed by atoms with Crippen LogP contribution in [0.5, 0.6) is 11.9 Å². The highest BCUT2D eigenvalue weighted by molar-refractivity contribution is 5.96. The van der Waals surface area contributed by atoms with Gasteiger partial charge in [0.2, 0.25) is 12.3 Å². The standard InChI is InChI=1S/C22H24F4N6O2/c1-10-3-4-28-5-6-29-20-16-19(31-22(32-20)33-2)17(26)18(30-21(16)34-10)12-9-14(27)13(23)7-11(12)8-15(24)25/h7,9-10,15,28H,3-6,8,27H2,1-2H3,(H,29,31,32). The SMILES string of the molecule is COc1nc2c3c(nc(-c4cc(N)c(F)cc4CC(F)F)c(F)c3n1)OC(C)CCNCCN2. The van der Waals surface area contributed by atoms with E-state index in [0.717, 1.165) is 12.1 Å². The Kier molecular flexibility index (Phi) is 6.87. The van der Waals surface area contributed by atoms with Crippen LogP contribution in [0.1, 0.15) is 18.9 Å². The van der Waals surface area contributed by atoms with E-state index < -0.39 is 24.5 Å². The van der Waals surface area contributed by atoms with Crippen LogP contribution in [0.2, 0.25) is 0 Å². The van der Waals surface area contributed by atoms with Crippen molar-refractivity contribution in [2.24, 2.45) is 0 Å². The van der Waals surface area contributed by atoms with Gasteiger partial charge >= 0.3 is 6.01 Å². The Hall–Kier alpha value is -3.41. The zero-order valence-electron chi connectivity index (χ0n) is 18.6. The molecule has 0 saturated carbocycles. The Morgan fingerprint density at radius 2 is 1.97 bits per heavy atom. The zero-order valence-corrected chi connectivity index (χ0v) is 18.6. The fourth-order valence-electron chi connectivity index (χ4n) is 3.74. The molecule has 3 heterocycles. The van der Waals surface area contributed by atoms with E-state index >= 15 is 4.39 Å². The topological polar surface area (TPSA) is 107 Å². The molecule has 1 unspecified atom stereocenters. The van der Waals surface area contributed by atoms with Crippen molar-refractivity contribution >= 4 is 22.4 Å². The van der Waals surface area contributed by atoms with Crippen molar-refractivity contribution in [1.82, 2.24) is 20.3 Å². The van der Waals surface area contributed by atoms with Crippen LogP contribution >= 0.6 is 0 Å². The summed E-state index contributed by atoms with van der Waals surface area (Å²) >= 11 is 0. The van der Waals surface area contributed by atoms with E-state index in [1.807, 2.05) is 6.92 Å². The molecular weight excluding hydrogens is 456 g/mol. The number of halogens is 4. The number of anilines is 2. The summed E-state index contributed by atoms with van der Waals surface area (Å²) in [6, 6.07) is 1.85. The van der Waals surface area contributed by atoms with Crippen molar-refractivity contribution in [1.29, 1.82) is 0 Å². The highest BCUT2D eigenvalue weighted by Gasteiger charge is 2.26. The van der Waals surface area contributed by atoms with Gasteiger partial charge in [-0.2, -0.15) is 9.97 Å². The van der Waals surface area contributed by atoms with Crippen LogP contribution in [0.25, 0.3) is 22.2 Å². The first-order chi connectivity index (χ1) is 16.3. The summed E-state index contributed by atoms with van der Waals surface area (Å²) in [4.78, 5) is 12.8. The molecule has 182 valence electrons. The molecule has 2 aromatic heterocycles. The predicted molar refractivity (Wildman–Crippen MR) is 119 cm³/mol. The molecule has 0 bridgehead atoms.